The fraction of sp³-hybridized carbons (Fsp3) is 0.357. The summed E-state index contributed by atoms with van der Waals surface area (Å²) in [6, 6.07) is 5.19. The minimum Gasteiger partial charge on any atom is -0.497 e. The highest BCUT2D eigenvalue weighted by Crippen LogP contribution is 2.18. The number of methoxy groups -OCH3 is 2. The lowest BCUT2D eigenvalue weighted by Gasteiger charge is -2.05. The van der Waals surface area contributed by atoms with Gasteiger partial charge in [-0.1, -0.05) is 18.8 Å². The van der Waals surface area contributed by atoms with Gasteiger partial charge in [0.25, 0.3) is 0 Å². The standard InChI is InChI=1S/C14H16O3/c1-4-5-6-7-11-8-9-12(16-2)10-13(11)14(15)17-3/h8-10H,4-5H2,1-3H3. The minimum atomic E-state index is -0.398. The molecule has 0 amide bonds. The summed E-state index contributed by atoms with van der Waals surface area (Å²) in [4.78, 5) is 11.6. The number of carbonyl (C=O) groups is 1. The monoisotopic (exact) mass is 232 g/mol. The average Bonchev–Trinajstić information content (AvgIpc) is 2.38. The Morgan fingerprint density at radius 1 is 1.35 bits per heavy atom. The molecule has 90 valence electrons. The van der Waals surface area contributed by atoms with Gasteiger partial charge in [-0.2, -0.15) is 0 Å². The van der Waals surface area contributed by atoms with Crippen molar-refractivity contribution in [1.29, 1.82) is 0 Å². The summed E-state index contributed by atoms with van der Waals surface area (Å²) in [6.45, 7) is 2.06. The van der Waals surface area contributed by atoms with Gasteiger partial charge in [0.1, 0.15) is 5.75 Å². The summed E-state index contributed by atoms with van der Waals surface area (Å²) in [5.41, 5.74) is 1.11. The van der Waals surface area contributed by atoms with Crippen molar-refractivity contribution in [2.75, 3.05) is 14.2 Å². The number of unbranched alkanes of at least 4 members (excludes halogenated alkanes) is 1. The molecular formula is C14H16O3. The molecule has 17 heavy (non-hydrogen) atoms. The van der Waals surface area contributed by atoms with E-state index in [2.05, 4.69) is 18.8 Å². The average molecular weight is 232 g/mol. The molecule has 1 aromatic carbocycles. The second kappa shape index (κ2) is 6.59. The molecule has 0 spiro atoms. The Morgan fingerprint density at radius 2 is 2.12 bits per heavy atom. The second-order valence-corrected chi connectivity index (χ2v) is 3.45. The number of hydrogen-bond donors (Lipinski definition) is 0. The van der Waals surface area contributed by atoms with Crippen molar-refractivity contribution in [3.8, 4) is 17.6 Å². The van der Waals surface area contributed by atoms with E-state index in [1.54, 1.807) is 25.3 Å². The summed E-state index contributed by atoms with van der Waals surface area (Å²) in [5.74, 6) is 6.20. The lowest BCUT2D eigenvalue weighted by Crippen LogP contribution is -2.04. The largest absolute Gasteiger partial charge is 0.497 e. The van der Waals surface area contributed by atoms with Crippen LogP contribution in [0.15, 0.2) is 18.2 Å². The van der Waals surface area contributed by atoms with E-state index in [1.165, 1.54) is 7.11 Å². The first-order chi connectivity index (χ1) is 8.22. The fourth-order valence-electron chi connectivity index (χ4n) is 1.32. The van der Waals surface area contributed by atoms with E-state index in [4.69, 9.17) is 9.47 Å². The van der Waals surface area contributed by atoms with Crippen LogP contribution in [0.2, 0.25) is 0 Å². The molecule has 0 N–H and O–H groups in total. The quantitative estimate of drug-likeness (QED) is 0.593. The third-order valence-corrected chi connectivity index (χ3v) is 2.23. The van der Waals surface area contributed by atoms with Gasteiger partial charge in [0.2, 0.25) is 0 Å². The van der Waals surface area contributed by atoms with Crippen molar-refractivity contribution >= 4 is 5.97 Å². The highest BCUT2D eigenvalue weighted by molar-refractivity contribution is 5.92. The van der Waals surface area contributed by atoms with E-state index in [-0.39, 0.29) is 0 Å². The Kier molecular flexibility index (Phi) is 5.09. The molecule has 0 atom stereocenters. The highest BCUT2D eigenvalue weighted by atomic mass is 16.5. The molecule has 0 radical (unpaired) electrons. The molecule has 1 aromatic rings. The topological polar surface area (TPSA) is 35.5 Å². The van der Waals surface area contributed by atoms with Crippen LogP contribution in [0.5, 0.6) is 5.75 Å². The normalized spacial score (nSPS) is 9.12. The lowest BCUT2D eigenvalue weighted by molar-refractivity contribution is 0.0600. The third-order valence-electron chi connectivity index (χ3n) is 2.23. The van der Waals surface area contributed by atoms with E-state index < -0.39 is 5.97 Å². The van der Waals surface area contributed by atoms with Gasteiger partial charge in [-0.15, -0.1) is 0 Å². The van der Waals surface area contributed by atoms with Gasteiger partial charge in [0, 0.05) is 12.0 Å². The zero-order valence-corrected chi connectivity index (χ0v) is 10.4. The Hall–Kier alpha value is -1.95. The van der Waals surface area contributed by atoms with Gasteiger partial charge in [0.15, 0.2) is 0 Å². The highest BCUT2D eigenvalue weighted by Gasteiger charge is 2.11. The molecule has 1 rings (SSSR count). The van der Waals surface area contributed by atoms with Gasteiger partial charge in [-0.3, -0.25) is 0 Å². The molecule has 0 aromatic heterocycles. The Bertz CT molecular complexity index is 452. The number of benzene rings is 1. The molecule has 0 unspecified atom stereocenters. The number of carbonyl (C=O) groups excluding carboxylic acids is 1. The maximum atomic E-state index is 11.6. The van der Waals surface area contributed by atoms with Crippen molar-refractivity contribution in [2.24, 2.45) is 0 Å². The molecule has 0 aliphatic carbocycles. The molecule has 0 aliphatic heterocycles. The Labute approximate surface area is 102 Å². The minimum absolute atomic E-state index is 0.398. The molecule has 0 bridgehead atoms. The number of ether oxygens (including phenoxy) is 2. The van der Waals surface area contributed by atoms with E-state index in [1.807, 2.05) is 0 Å². The fourth-order valence-corrected chi connectivity index (χ4v) is 1.32. The van der Waals surface area contributed by atoms with Gasteiger partial charge in [-0.25, -0.2) is 4.79 Å². The molecule has 0 aliphatic rings. The molecule has 0 saturated carbocycles. The smallest absolute Gasteiger partial charge is 0.339 e. The third kappa shape index (κ3) is 3.53. The van der Waals surface area contributed by atoms with Gasteiger partial charge in [-0.05, 0) is 24.6 Å². The van der Waals surface area contributed by atoms with Crippen LogP contribution in [0.1, 0.15) is 35.7 Å². The maximum absolute atomic E-state index is 11.6. The van der Waals surface area contributed by atoms with Crippen LogP contribution in [-0.4, -0.2) is 20.2 Å². The molecule has 3 nitrogen and oxygen atoms in total. The second-order valence-electron chi connectivity index (χ2n) is 3.45. The van der Waals surface area contributed by atoms with Crippen molar-refractivity contribution in [3.05, 3.63) is 29.3 Å². The van der Waals surface area contributed by atoms with Crippen molar-refractivity contribution < 1.29 is 14.3 Å². The van der Waals surface area contributed by atoms with Crippen LogP contribution in [0.3, 0.4) is 0 Å². The zero-order chi connectivity index (χ0) is 12.7. The van der Waals surface area contributed by atoms with Crippen LogP contribution >= 0.6 is 0 Å². The van der Waals surface area contributed by atoms with Crippen LogP contribution in [0.4, 0.5) is 0 Å². The predicted molar refractivity (Wildman–Crippen MR) is 66.1 cm³/mol. The molecule has 0 saturated heterocycles. The van der Waals surface area contributed by atoms with Crippen LogP contribution in [0.25, 0.3) is 0 Å². The molecule has 0 heterocycles. The van der Waals surface area contributed by atoms with E-state index in [9.17, 15) is 4.79 Å². The Morgan fingerprint density at radius 3 is 2.71 bits per heavy atom. The van der Waals surface area contributed by atoms with Crippen LogP contribution in [-0.2, 0) is 4.74 Å². The predicted octanol–water partition coefficient (Wildman–Crippen LogP) is 2.63. The van der Waals surface area contributed by atoms with Crippen molar-refractivity contribution in [2.45, 2.75) is 19.8 Å². The number of rotatable bonds is 3. The SMILES string of the molecule is CCCC#Cc1ccc(OC)cc1C(=O)OC. The Balaban J connectivity index is 3.12. The van der Waals surface area contributed by atoms with Crippen LogP contribution < -0.4 is 4.74 Å². The summed E-state index contributed by atoms with van der Waals surface area (Å²) in [5, 5.41) is 0. The summed E-state index contributed by atoms with van der Waals surface area (Å²) in [6.07, 6.45) is 1.81. The molecule has 0 fully saturated rings. The number of hydrogen-bond acceptors (Lipinski definition) is 3. The van der Waals surface area contributed by atoms with Gasteiger partial charge < -0.3 is 9.47 Å². The first-order valence-electron chi connectivity index (χ1n) is 5.48. The van der Waals surface area contributed by atoms with Crippen molar-refractivity contribution in [1.82, 2.24) is 0 Å². The van der Waals surface area contributed by atoms with Gasteiger partial charge >= 0.3 is 5.97 Å². The molecular weight excluding hydrogens is 216 g/mol. The molecule has 3 heteroatoms. The maximum Gasteiger partial charge on any atom is 0.339 e. The summed E-state index contributed by atoms with van der Waals surface area (Å²) in [7, 11) is 2.91. The van der Waals surface area contributed by atoms with E-state index >= 15 is 0 Å². The van der Waals surface area contributed by atoms with Crippen LogP contribution in [0, 0.1) is 11.8 Å². The first-order valence-corrected chi connectivity index (χ1v) is 5.48. The zero-order valence-electron chi connectivity index (χ0n) is 10.4. The van der Waals surface area contributed by atoms with E-state index in [0.29, 0.717) is 16.9 Å². The summed E-state index contributed by atoms with van der Waals surface area (Å²) < 4.78 is 9.79. The number of esters is 1. The first kappa shape index (κ1) is 13.1. The van der Waals surface area contributed by atoms with Gasteiger partial charge in [0.05, 0.1) is 19.8 Å². The summed E-state index contributed by atoms with van der Waals surface area (Å²) >= 11 is 0. The lowest BCUT2D eigenvalue weighted by atomic mass is 10.1. The van der Waals surface area contributed by atoms with Crippen molar-refractivity contribution in [3.63, 3.8) is 0 Å². The van der Waals surface area contributed by atoms with E-state index in [0.717, 1.165) is 12.8 Å².